The van der Waals surface area contributed by atoms with Gasteiger partial charge in [-0.25, -0.2) is 0 Å². The summed E-state index contributed by atoms with van der Waals surface area (Å²) in [5.41, 5.74) is 0. The summed E-state index contributed by atoms with van der Waals surface area (Å²) in [6.07, 6.45) is 2.45. The molecule has 0 bridgehead atoms. The quantitative estimate of drug-likeness (QED) is 0.662. The number of carbonyl (C=O) groups is 1. The summed E-state index contributed by atoms with van der Waals surface area (Å²) in [5, 5.41) is 0. The van der Waals surface area contributed by atoms with Gasteiger partial charge < -0.3 is 4.90 Å². The Bertz CT molecular complexity index is 199. The minimum absolute atomic E-state index is 0.0228. The predicted octanol–water partition coefficient (Wildman–Crippen LogP) is 1.17. The van der Waals surface area contributed by atoms with Crippen molar-refractivity contribution in [3.05, 3.63) is 0 Å². The van der Waals surface area contributed by atoms with Gasteiger partial charge in [0.15, 0.2) is 0 Å². The summed E-state index contributed by atoms with van der Waals surface area (Å²) in [6, 6.07) is 0.539. The number of likely N-dealkylation sites (tertiary alicyclic amines) is 1. The van der Waals surface area contributed by atoms with Gasteiger partial charge in [-0.1, -0.05) is 6.92 Å². The maximum Gasteiger partial charge on any atom is 0.237 e. The molecule has 0 saturated carbocycles. The van der Waals surface area contributed by atoms with E-state index in [0.717, 1.165) is 13.1 Å². The summed E-state index contributed by atoms with van der Waals surface area (Å²) in [4.78, 5) is 15.4. The topological polar surface area (TPSA) is 23.6 Å². The van der Waals surface area contributed by atoms with E-state index in [-0.39, 0.29) is 11.8 Å². The molecule has 1 atom stereocenters. The SMILES string of the molecule is CCN1CCCC1CN(C)C(=O)CCl. The highest BCUT2D eigenvalue weighted by Gasteiger charge is 2.25. The highest BCUT2D eigenvalue weighted by Crippen LogP contribution is 2.17. The van der Waals surface area contributed by atoms with Crippen LogP contribution in [0, 0.1) is 0 Å². The van der Waals surface area contributed by atoms with Gasteiger partial charge in [0.25, 0.3) is 0 Å². The lowest BCUT2D eigenvalue weighted by molar-refractivity contribution is -0.127. The zero-order valence-corrected chi connectivity index (χ0v) is 9.76. The summed E-state index contributed by atoms with van der Waals surface area (Å²) in [5.74, 6) is 0.115. The number of rotatable bonds is 4. The molecule has 0 radical (unpaired) electrons. The molecule has 1 fully saturated rings. The fraction of sp³-hybridized carbons (Fsp3) is 0.900. The Morgan fingerprint density at radius 3 is 2.93 bits per heavy atom. The van der Waals surface area contributed by atoms with Crippen LogP contribution in [0.1, 0.15) is 19.8 Å². The lowest BCUT2D eigenvalue weighted by Crippen LogP contribution is -2.41. The molecule has 0 aliphatic carbocycles. The number of alkyl halides is 1. The van der Waals surface area contributed by atoms with E-state index in [1.165, 1.54) is 19.4 Å². The van der Waals surface area contributed by atoms with Crippen LogP contribution >= 0.6 is 11.6 Å². The molecule has 1 aliphatic rings. The molecule has 1 saturated heterocycles. The molecule has 3 nitrogen and oxygen atoms in total. The zero-order chi connectivity index (χ0) is 10.6. The van der Waals surface area contributed by atoms with Crippen LogP contribution in [0.5, 0.6) is 0 Å². The first-order valence-corrected chi connectivity index (χ1v) is 5.76. The summed E-state index contributed by atoms with van der Waals surface area (Å²) in [7, 11) is 1.83. The second-order valence-corrected chi connectivity index (χ2v) is 4.10. The first-order valence-electron chi connectivity index (χ1n) is 5.23. The number of amides is 1. The van der Waals surface area contributed by atoms with E-state index in [0.29, 0.717) is 6.04 Å². The second-order valence-electron chi connectivity index (χ2n) is 3.83. The highest BCUT2D eigenvalue weighted by molar-refractivity contribution is 6.27. The average molecular weight is 219 g/mol. The molecule has 0 aromatic carbocycles. The Labute approximate surface area is 91.0 Å². The zero-order valence-electron chi connectivity index (χ0n) is 9.00. The lowest BCUT2D eigenvalue weighted by atomic mass is 10.2. The van der Waals surface area contributed by atoms with Gasteiger partial charge in [0.05, 0.1) is 0 Å². The van der Waals surface area contributed by atoms with E-state index in [4.69, 9.17) is 11.6 Å². The molecule has 1 amide bonds. The van der Waals surface area contributed by atoms with Crippen molar-refractivity contribution >= 4 is 17.5 Å². The molecule has 0 aromatic heterocycles. The standard InChI is InChI=1S/C10H19ClN2O/c1-3-13-6-4-5-9(13)8-12(2)10(14)7-11/h9H,3-8H2,1-2H3. The van der Waals surface area contributed by atoms with E-state index < -0.39 is 0 Å². The summed E-state index contributed by atoms with van der Waals surface area (Å²) < 4.78 is 0. The van der Waals surface area contributed by atoms with Gasteiger partial charge in [0.2, 0.25) is 5.91 Å². The molecule has 0 N–H and O–H groups in total. The van der Waals surface area contributed by atoms with Crippen LogP contribution < -0.4 is 0 Å². The number of halogens is 1. The maximum atomic E-state index is 11.3. The Morgan fingerprint density at radius 2 is 2.36 bits per heavy atom. The minimum atomic E-state index is 0.0228. The van der Waals surface area contributed by atoms with Crippen LogP contribution in [-0.4, -0.2) is 54.3 Å². The molecule has 1 heterocycles. The summed E-state index contributed by atoms with van der Waals surface area (Å²) >= 11 is 5.50. The van der Waals surface area contributed by atoms with Crippen molar-refractivity contribution in [2.45, 2.75) is 25.8 Å². The highest BCUT2D eigenvalue weighted by atomic mass is 35.5. The molecule has 0 aromatic rings. The van der Waals surface area contributed by atoms with Crippen LogP contribution in [0.4, 0.5) is 0 Å². The van der Waals surface area contributed by atoms with Crippen LogP contribution in [0.15, 0.2) is 0 Å². The third-order valence-electron chi connectivity index (χ3n) is 2.93. The van der Waals surface area contributed by atoms with E-state index in [1.54, 1.807) is 4.90 Å². The second kappa shape index (κ2) is 5.56. The van der Waals surface area contributed by atoms with Crippen molar-refractivity contribution in [1.29, 1.82) is 0 Å². The van der Waals surface area contributed by atoms with Crippen molar-refractivity contribution in [2.24, 2.45) is 0 Å². The predicted molar refractivity (Wildman–Crippen MR) is 58.6 cm³/mol. The minimum Gasteiger partial charge on any atom is -0.343 e. The molecule has 14 heavy (non-hydrogen) atoms. The molecule has 0 spiro atoms. The normalized spacial score (nSPS) is 22.6. The van der Waals surface area contributed by atoms with Gasteiger partial charge in [0, 0.05) is 19.6 Å². The van der Waals surface area contributed by atoms with Crippen LogP contribution in [-0.2, 0) is 4.79 Å². The number of hydrogen-bond acceptors (Lipinski definition) is 2. The fourth-order valence-electron chi connectivity index (χ4n) is 2.04. The van der Waals surface area contributed by atoms with E-state index >= 15 is 0 Å². The first kappa shape index (κ1) is 11.8. The van der Waals surface area contributed by atoms with Gasteiger partial charge in [0.1, 0.15) is 5.88 Å². The van der Waals surface area contributed by atoms with Crippen molar-refractivity contribution in [3.63, 3.8) is 0 Å². The molecule has 1 unspecified atom stereocenters. The number of hydrogen-bond donors (Lipinski definition) is 0. The Morgan fingerprint density at radius 1 is 1.64 bits per heavy atom. The van der Waals surface area contributed by atoms with Crippen molar-refractivity contribution in [2.75, 3.05) is 32.6 Å². The van der Waals surface area contributed by atoms with Gasteiger partial charge >= 0.3 is 0 Å². The third kappa shape index (κ3) is 2.85. The van der Waals surface area contributed by atoms with Gasteiger partial charge in [-0.3, -0.25) is 9.69 Å². The molecular weight excluding hydrogens is 200 g/mol. The summed E-state index contributed by atoms with van der Waals surface area (Å²) in [6.45, 7) is 5.23. The van der Waals surface area contributed by atoms with E-state index in [9.17, 15) is 4.79 Å². The monoisotopic (exact) mass is 218 g/mol. The average Bonchev–Trinajstić information content (AvgIpc) is 2.63. The van der Waals surface area contributed by atoms with Crippen molar-refractivity contribution in [1.82, 2.24) is 9.80 Å². The lowest BCUT2D eigenvalue weighted by Gasteiger charge is -2.27. The van der Waals surface area contributed by atoms with Gasteiger partial charge in [-0.05, 0) is 25.9 Å². The molecule has 4 heteroatoms. The first-order chi connectivity index (χ1) is 6.69. The van der Waals surface area contributed by atoms with Gasteiger partial charge in [-0.2, -0.15) is 0 Å². The Kier molecular flexibility index (Phi) is 4.69. The van der Waals surface area contributed by atoms with Crippen molar-refractivity contribution < 1.29 is 4.79 Å². The number of carbonyl (C=O) groups excluding carboxylic acids is 1. The van der Waals surface area contributed by atoms with Crippen molar-refractivity contribution in [3.8, 4) is 0 Å². The number of likely N-dealkylation sites (N-methyl/N-ethyl adjacent to an activating group) is 2. The maximum absolute atomic E-state index is 11.3. The smallest absolute Gasteiger partial charge is 0.237 e. The Balaban J connectivity index is 2.39. The number of nitrogens with zero attached hydrogens (tertiary/aromatic N) is 2. The molecule has 1 rings (SSSR count). The van der Waals surface area contributed by atoms with Crippen LogP contribution in [0.3, 0.4) is 0 Å². The third-order valence-corrected chi connectivity index (χ3v) is 3.16. The molecular formula is C10H19ClN2O. The van der Waals surface area contributed by atoms with Crippen LogP contribution in [0.2, 0.25) is 0 Å². The molecule has 1 aliphatic heterocycles. The fourth-order valence-corrected chi connectivity index (χ4v) is 2.24. The van der Waals surface area contributed by atoms with Gasteiger partial charge in [-0.15, -0.1) is 11.6 Å². The van der Waals surface area contributed by atoms with Crippen LogP contribution in [0.25, 0.3) is 0 Å². The Hall–Kier alpha value is -0.280. The van der Waals surface area contributed by atoms with E-state index in [1.807, 2.05) is 7.05 Å². The largest absolute Gasteiger partial charge is 0.343 e. The molecule has 82 valence electrons. The van der Waals surface area contributed by atoms with E-state index in [2.05, 4.69) is 11.8 Å².